The first-order chi connectivity index (χ1) is 8.54. The molecule has 2 heterocycles. The molecule has 106 valence electrons. The largest absolute Gasteiger partial charge is 0.389 e. The van der Waals surface area contributed by atoms with Gasteiger partial charge in [-0.3, -0.25) is 9.80 Å². The number of hydrogen-bond donors (Lipinski definition) is 2. The molecule has 3 atom stereocenters. The molecular weight excluding hydrogens is 232 g/mol. The highest BCUT2D eigenvalue weighted by Gasteiger charge is 2.32. The number of aliphatic hydroxyl groups excluding tert-OH is 2. The van der Waals surface area contributed by atoms with Crippen LogP contribution in [-0.4, -0.2) is 84.2 Å². The summed E-state index contributed by atoms with van der Waals surface area (Å²) in [5, 5.41) is 19.1. The van der Waals surface area contributed by atoms with Crippen LogP contribution >= 0.6 is 0 Å². The van der Waals surface area contributed by atoms with Gasteiger partial charge in [0.15, 0.2) is 0 Å². The predicted octanol–water partition coefficient (Wildman–Crippen LogP) is -0.619. The van der Waals surface area contributed by atoms with Gasteiger partial charge in [0.2, 0.25) is 0 Å². The minimum atomic E-state index is -0.597. The molecular formula is C13H26N2O3. The Kier molecular flexibility index (Phi) is 4.98. The van der Waals surface area contributed by atoms with E-state index in [1.54, 1.807) is 0 Å². The van der Waals surface area contributed by atoms with Gasteiger partial charge in [-0.1, -0.05) is 13.8 Å². The number of morpholine rings is 1. The highest BCUT2D eigenvalue weighted by Crippen LogP contribution is 2.14. The minimum Gasteiger partial charge on any atom is -0.389 e. The standard InChI is InChI=1S/C13H26N2O3/c1-10(2)5-14-3-4-18-11(6-14)7-15-8-12(16)13(17)9-15/h10-13,16-17H,3-9H2,1-2H3/t11?,12-,13+. The molecule has 2 fully saturated rings. The molecule has 0 spiro atoms. The van der Waals surface area contributed by atoms with Crippen LogP contribution in [0.1, 0.15) is 13.8 Å². The van der Waals surface area contributed by atoms with Gasteiger partial charge in [-0.25, -0.2) is 0 Å². The smallest absolute Gasteiger partial charge is 0.0938 e. The summed E-state index contributed by atoms with van der Waals surface area (Å²) in [5.41, 5.74) is 0. The van der Waals surface area contributed by atoms with E-state index in [0.717, 1.165) is 32.8 Å². The van der Waals surface area contributed by atoms with Crippen molar-refractivity contribution in [2.75, 3.05) is 45.9 Å². The van der Waals surface area contributed by atoms with E-state index in [4.69, 9.17) is 4.74 Å². The van der Waals surface area contributed by atoms with Crippen LogP contribution in [0.3, 0.4) is 0 Å². The summed E-state index contributed by atoms with van der Waals surface area (Å²) in [6.07, 6.45) is -0.990. The van der Waals surface area contributed by atoms with Crippen molar-refractivity contribution >= 4 is 0 Å². The highest BCUT2D eigenvalue weighted by molar-refractivity contribution is 4.86. The van der Waals surface area contributed by atoms with Crippen LogP contribution in [0.5, 0.6) is 0 Å². The van der Waals surface area contributed by atoms with Crippen LogP contribution in [0.25, 0.3) is 0 Å². The van der Waals surface area contributed by atoms with Crippen LogP contribution in [0, 0.1) is 5.92 Å². The van der Waals surface area contributed by atoms with Gasteiger partial charge in [0, 0.05) is 39.3 Å². The number of hydrogen-bond acceptors (Lipinski definition) is 5. The fourth-order valence-corrected chi connectivity index (χ4v) is 2.86. The molecule has 0 bridgehead atoms. The number of likely N-dealkylation sites (tertiary alicyclic amines) is 1. The molecule has 2 aliphatic rings. The van der Waals surface area contributed by atoms with Crippen molar-refractivity contribution in [3.8, 4) is 0 Å². The molecule has 2 N–H and O–H groups in total. The minimum absolute atomic E-state index is 0.204. The summed E-state index contributed by atoms with van der Waals surface area (Å²) in [6.45, 7) is 10.3. The molecule has 0 aliphatic carbocycles. The maximum Gasteiger partial charge on any atom is 0.0938 e. The molecule has 2 aliphatic heterocycles. The molecule has 0 aromatic carbocycles. The molecule has 2 rings (SSSR count). The number of nitrogens with zero attached hydrogens (tertiary/aromatic N) is 2. The van der Waals surface area contributed by atoms with E-state index in [1.165, 1.54) is 0 Å². The molecule has 1 unspecified atom stereocenters. The third-order valence-corrected chi connectivity index (χ3v) is 3.64. The summed E-state index contributed by atoms with van der Waals surface area (Å²) < 4.78 is 5.78. The van der Waals surface area contributed by atoms with Crippen LogP contribution in [0.2, 0.25) is 0 Å². The summed E-state index contributed by atoms with van der Waals surface area (Å²) in [6, 6.07) is 0. The summed E-state index contributed by atoms with van der Waals surface area (Å²) in [4.78, 5) is 4.54. The van der Waals surface area contributed by atoms with Gasteiger partial charge >= 0.3 is 0 Å². The second kappa shape index (κ2) is 6.30. The Morgan fingerprint density at radius 1 is 1.11 bits per heavy atom. The van der Waals surface area contributed by atoms with E-state index >= 15 is 0 Å². The summed E-state index contributed by atoms with van der Waals surface area (Å²) >= 11 is 0. The van der Waals surface area contributed by atoms with Crippen molar-refractivity contribution in [3.63, 3.8) is 0 Å². The van der Waals surface area contributed by atoms with E-state index in [1.807, 2.05) is 0 Å². The highest BCUT2D eigenvalue weighted by atomic mass is 16.5. The van der Waals surface area contributed by atoms with Crippen molar-refractivity contribution in [1.82, 2.24) is 9.80 Å². The van der Waals surface area contributed by atoms with Crippen LogP contribution in [-0.2, 0) is 4.74 Å². The van der Waals surface area contributed by atoms with Gasteiger partial charge in [-0.15, -0.1) is 0 Å². The Hall–Kier alpha value is -0.200. The van der Waals surface area contributed by atoms with E-state index < -0.39 is 12.2 Å². The zero-order chi connectivity index (χ0) is 13.1. The van der Waals surface area contributed by atoms with Crippen LogP contribution < -0.4 is 0 Å². The Morgan fingerprint density at radius 3 is 2.39 bits per heavy atom. The van der Waals surface area contributed by atoms with Gasteiger partial charge in [-0.05, 0) is 5.92 Å². The number of rotatable bonds is 4. The van der Waals surface area contributed by atoms with E-state index in [2.05, 4.69) is 23.6 Å². The lowest BCUT2D eigenvalue weighted by molar-refractivity contribution is -0.0447. The Balaban J connectivity index is 1.76. The number of aliphatic hydroxyl groups is 2. The quantitative estimate of drug-likeness (QED) is 0.704. The van der Waals surface area contributed by atoms with Crippen molar-refractivity contribution in [2.45, 2.75) is 32.2 Å². The Bertz CT molecular complexity index is 253. The molecule has 0 amide bonds. The van der Waals surface area contributed by atoms with Gasteiger partial charge in [0.05, 0.1) is 24.9 Å². The van der Waals surface area contributed by atoms with Crippen LogP contribution in [0.4, 0.5) is 0 Å². The van der Waals surface area contributed by atoms with E-state index in [-0.39, 0.29) is 6.10 Å². The molecule has 0 saturated carbocycles. The molecule has 5 nitrogen and oxygen atoms in total. The second-order valence-corrected chi connectivity index (χ2v) is 6.00. The third kappa shape index (κ3) is 3.90. The van der Waals surface area contributed by atoms with Crippen molar-refractivity contribution in [1.29, 1.82) is 0 Å². The summed E-state index contributed by atoms with van der Waals surface area (Å²) in [7, 11) is 0. The Morgan fingerprint density at radius 2 is 1.78 bits per heavy atom. The maximum atomic E-state index is 9.53. The van der Waals surface area contributed by atoms with Gasteiger partial charge < -0.3 is 14.9 Å². The first-order valence-electron chi connectivity index (χ1n) is 6.97. The monoisotopic (exact) mass is 258 g/mol. The first-order valence-corrected chi connectivity index (χ1v) is 6.97. The van der Waals surface area contributed by atoms with Crippen molar-refractivity contribution in [3.05, 3.63) is 0 Å². The fraction of sp³-hybridized carbons (Fsp3) is 1.00. The molecule has 2 saturated heterocycles. The van der Waals surface area contributed by atoms with E-state index in [9.17, 15) is 10.2 Å². The molecule has 5 heteroatoms. The normalized spacial score (nSPS) is 35.5. The SMILES string of the molecule is CC(C)CN1CCOC(CN2C[C@@H](O)[C@@H](O)C2)C1. The van der Waals surface area contributed by atoms with Gasteiger partial charge in [-0.2, -0.15) is 0 Å². The topological polar surface area (TPSA) is 56.2 Å². The van der Waals surface area contributed by atoms with Gasteiger partial charge in [0.25, 0.3) is 0 Å². The second-order valence-electron chi connectivity index (χ2n) is 6.00. The molecule has 18 heavy (non-hydrogen) atoms. The third-order valence-electron chi connectivity index (χ3n) is 3.64. The predicted molar refractivity (Wildman–Crippen MR) is 69.5 cm³/mol. The maximum absolute atomic E-state index is 9.53. The first kappa shape index (κ1) is 14.2. The van der Waals surface area contributed by atoms with Crippen molar-refractivity contribution < 1.29 is 14.9 Å². The average molecular weight is 258 g/mol. The lowest BCUT2D eigenvalue weighted by Gasteiger charge is -2.35. The van der Waals surface area contributed by atoms with E-state index in [0.29, 0.717) is 19.0 Å². The fourth-order valence-electron chi connectivity index (χ4n) is 2.86. The molecule has 0 aromatic heterocycles. The molecule has 0 radical (unpaired) electrons. The number of β-amino-alcohol motifs (C(OH)–C–C–N with tert-alkyl or cyclic N) is 2. The lowest BCUT2D eigenvalue weighted by Crippen LogP contribution is -2.48. The van der Waals surface area contributed by atoms with Crippen molar-refractivity contribution in [2.24, 2.45) is 5.92 Å². The zero-order valence-corrected chi connectivity index (χ0v) is 11.5. The molecule has 0 aromatic rings. The lowest BCUT2D eigenvalue weighted by atomic mass is 10.1. The van der Waals surface area contributed by atoms with Gasteiger partial charge in [0.1, 0.15) is 0 Å². The zero-order valence-electron chi connectivity index (χ0n) is 11.5. The van der Waals surface area contributed by atoms with Crippen LogP contribution in [0.15, 0.2) is 0 Å². The average Bonchev–Trinajstić information content (AvgIpc) is 2.57. The summed E-state index contributed by atoms with van der Waals surface area (Å²) in [5.74, 6) is 0.680. The number of ether oxygens (including phenoxy) is 1. The Labute approximate surface area is 109 Å².